The average Bonchev–Trinajstić information content (AvgIpc) is 3.55. The van der Waals surface area contributed by atoms with Crippen LogP contribution < -0.4 is 0 Å². The minimum absolute atomic E-state index is 0.0256. The quantitative estimate of drug-likeness (QED) is 0.380. The predicted molar refractivity (Wildman–Crippen MR) is 123 cm³/mol. The molecular formula is C28H26F5NO. The van der Waals surface area contributed by atoms with E-state index in [9.17, 15) is 22.7 Å². The van der Waals surface area contributed by atoms with Crippen molar-refractivity contribution in [2.75, 3.05) is 0 Å². The highest BCUT2D eigenvalue weighted by Crippen LogP contribution is 2.59. The van der Waals surface area contributed by atoms with E-state index in [2.05, 4.69) is 0 Å². The molecule has 1 spiro atoms. The van der Waals surface area contributed by atoms with Crippen LogP contribution in [0.3, 0.4) is 0 Å². The van der Waals surface area contributed by atoms with E-state index >= 15 is 4.39 Å². The van der Waals surface area contributed by atoms with Crippen molar-refractivity contribution in [1.29, 1.82) is 0 Å². The highest BCUT2D eigenvalue weighted by atomic mass is 19.4. The molecule has 0 radical (unpaired) electrons. The molecule has 1 saturated carbocycles. The van der Waals surface area contributed by atoms with Crippen molar-refractivity contribution >= 4 is 0 Å². The minimum Gasteiger partial charge on any atom is -0.388 e. The number of nitrogens with zero attached hydrogens (tertiary/aromatic N) is 1. The summed E-state index contributed by atoms with van der Waals surface area (Å²) < 4.78 is 69.3. The van der Waals surface area contributed by atoms with Gasteiger partial charge in [-0.3, -0.25) is 4.98 Å². The molecule has 2 aromatic carbocycles. The van der Waals surface area contributed by atoms with Gasteiger partial charge in [0.1, 0.15) is 5.82 Å². The summed E-state index contributed by atoms with van der Waals surface area (Å²) in [5.74, 6) is -0.629. The van der Waals surface area contributed by atoms with E-state index in [1.165, 1.54) is 12.1 Å². The Bertz CT molecular complexity index is 1240. The Morgan fingerprint density at radius 2 is 1.63 bits per heavy atom. The van der Waals surface area contributed by atoms with E-state index in [4.69, 9.17) is 4.98 Å². The highest BCUT2D eigenvalue weighted by molar-refractivity contribution is 5.75. The third-order valence-corrected chi connectivity index (χ3v) is 7.30. The van der Waals surface area contributed by atoms with Gasteiger partial charge in [-0.1, -0.05) is 38.1 Å². The molecule has 7 heteroatoms. The van der Waals surface area contributed by atoms with Crippen LogP contribution in [0.15, 0.2) is 48.5 Å². The van der Waals surface area contributed by atoms with Crippen LogP contribution in [-0.2, 0) is 12.6 Å². The first-order valence-corrected chi connectivity index (χ1v) is 11.8. The molecule has 1 N–H and O–H groups in total. The molecular weight excluding hydrogens is 461 g/mol. The number of halogens is 5. The molecule has 2 nitrogen and oxygen atoms in total. The lowest BCUT2D eigenvalue weighted by atomic mass is 9.76. The first-order valence-electron chi connectivity index (χ1n) is 11.8. The van der Waals surface area contributed by atoms with Gasteiger partial charge in [0, 0.05) is 16.8 Å². The molecule has 184 valence electrons. The zero-order chi connectivity index (χ0) is 25.1. The highest BCUT2D eigenvalue weighted by Gasteiger charge is 2.49. The number of benzene rings is 2. The van der Waals surface area contributed by atoms with Gasteiger partial charge in [0.15, 0.2) is 6.17 Å². The Morgan fingerprint density at radius 1 is 1.00 bits per heavy atom. The fourth-order valence-electron chi connectivity index (χ4n) is 5.31. The van der Waals surface area contributed by atoms with Crippen molar-refractivity contribution in [3.8, 4) is 11.1 Å². The lowest BCUT2D eigenvalue weighted by Crippen LogP contribution is -2.24. The van der Waals surface area contributed by atoms with Crippen molar-refractivity contribution in [1.82, 2.24) is 4.98 Å². The van der Waals surface area contributed by atoms with Crippen molar-refractivity contribution in [2.45, 2.75) is 63.9 Å². The summed E-state index contributed by atoms with van der Waals surface area (Å²) >= 11 is 0. The number of pyridine rings is 1. The topological polar surface area (TPSA) is 33.1 Å². The van der Waals surface area contributed by atoms with Crippen molar-refractivity contribution in [3.05, 3.63) is 88.0 Å². The molecule has 0 amide bonds. The largest absolute Gasteiger partial charge is 0.416 e. The Balaban J connectivity index is 1.74. The number of fused-ring (bicyclic) bond motifs is 1. The Morgan fingerprint density at radius 3 is 2.17 bits per heavy atom. The number of hydrogen-bond donors (Lipinski definition) is 1. The van der Waals surface area contributed by atoms with Crippen molar-refractivity contribution in [2.24, 2.45) is 5.41 Å². The SMILES string of the molecule is CC(C)c1nc2c(c(-c3ccc(F)cc3)c1C(F)c1ccc(C(F)(F)F)cc1)C(O)CC1(CC1)C2. The number of alkyl halides is 4. The maximum absolute atomic E-state index is 16.3. The maximum atomic E-state index is 16.3. The van der Waals surface area contributed by atoms with Crippen LogP contribution in [0.4, 0.5) is 22.0 Å². The van der Waals surface area contributed by atoms with Gasteiger partial charge >= 0.3 is 6.18 Å². The molecule has 3 aromatic rings. The average molecular weight is 488 g/mol. The number of aliphatic hydroxyl groups is 1. The summed E-state index contributed by atoms with van der Waals surface area (Å²) in [5, 5.41) is 11.2. The first-order chi connectivity index (χ1) is 16.5. The Kier molecular flexibility index (Phi) is 5.74. The second-order valence-corrected chi connectivity index (χ2v) is 10.2. The van der Waals surface area contributed by atoms with Crippen LogP contribution in [0.25, 0.3) is 11.1 Å². The summed E-state index contributed by atoms with van der Waals surface area (Å²) in [6.07, 6.45) is -3.91. The van der Waals surface area contributed by atoms with E-state index in [1.54, 1.807) is 12.1 Å². The minimum atomic E-state index is -4.52. The summed E-state index contributed by atoms with van der Waals surface area (Å²) in [6, 6.07) is 9.67. The molecule has 0 bridgehead atoms. The van der Waals surface area contributed by atoms with E-state index in [-0.39, 0.29) is 22.5 Å². The predicted octanol–water partition coefficient (Wildman–Crippen LogP) is 7.85. The molecule has 0 aliphatic heterocycles. The van der Waals surface area contributed by atoms with Crippen molar-refractivity contribution in [3.63, 3.8) is 0 Å². The van der Waals surface area contributed by atoms with Gasteiger partial charge in [-0.25, -0.2) is 8.78 Å². The lowest BCUT2D eigenvalue weighted by Gasteiger charge is -2.33. The summed E-state index contributed by atoms with van der Waals surface area (Å²) in [4.78, 5) is 4.85. The van der Waals surface area contributed by atoms with Gasteiger partial charge in [0.2, 0.25) is 0 Å². The van der Waals surface area contributed by atoms with E-state index < -0.39 is 29.8 Å². The number of hydrogen-bond acceptors (Lipinski definition) is 2. The summed E-state index contributed by atoms with van der Waals surface area (Å²) in [5.41, 5.74) is 2.24. The smallest absolute Gasteiger partial charge is 0.388 e. The molecule has 1 fully saturated rings. The summed E-state index contributed by atoms with van der Waals surface area (Å²) in [7, 11) is 0. The fraction of sp³-hybridized carbons (Fsp3) is 0.393. The van der Waals surface area contributed by atoms with Crippen LogP contribution in [-0.4, -0.2) is 10.1 Å². The first kappa shape index (κ1) is 23.9. The van der Waals surface area contributed by atoms with E-state index in [1.807, 2.05) is 13.8 Å². The number of aromatic nitrogens is 1. The molecule has 2 aliphatic carbocycles. The number of aliphatic hydroxyl groups excluding tert-OH is 1. The van der Waals surface area contributed by atoms with Crippen LogP contribution in [0.5, 0.6) is 0 Å². The molecule has 35 heavy (non-hydrogen) atoms. The second kappa shape index (κ2) is 8.40. The lowest BCUT2D eigenvalue weighted by molar-refractivity contribution is -0.137. The van der Waals surface area contributed by atoms with Crippen LogP contribution in [0.1, 0.15) is 84.9 Å². The zero-order valence-electron chi connectivity index (χ0n) is 19.5. The molecule has 0 saturated heterocycles. The molecule has 1 aromatic heterocycles. The van der Waals surface area contributed by atoms with Gasteiger partial charge < -0.3 is 5.11 Å². The normalized spacial score (nSPS) is 19.6. The van der Waals surface area contributed by atoms with Crippen LogP contribution >= 0.6 is 0 Å². The Labute approximate surface area is 200 Å². The number of rotatable bonds is 4. The van der Waals surface area contributed by atoms with Gasteiger partial charge in [-0.15, -0.1) is 0 Å². The molecule has 2 aliphatic rings. The third kappa shape index (κ3) is 4.35. The second-order valence-electron chi connectivity index (χ2n) is 10.2. The van der Waals surface area contributed by atoms with Gasteiger partial charge in [-0.05, 0) is 78.0 Å². The Hall–Kier alpha value is -2.80. The molecule has 2 unspecified atom stereocenters. The molecule has 1 heterocycles. The standard InChI is InChI=1S/C28H26F5NO/c1-15(2)26-24(25(30)17-3-7-18(8-4-17)28(31,32)33)22(16-5-9-19(29)10-6-16)23-20(34-26)13-27(11-12-27)14-21(23)35/h3-10,15,21,25,35H,11-14H2,1-2H3. The third-order valence-electron chi connectivity index (χ3n) is 7.30. The van der Waals surface area contributed by atoms with Gasteiger partial charge in [-0.2, -0.15) is 13.2 Å². The molecule has 5 rings (SSSR count). The van der Waals surface area contributed by atoms with Crippen LogP contribution in [0.2, 0.25) is 0 Å². The molecule has 2 atom stereocenters. The van der Waals surface area contributed by atoms with E-state index in [0.29, 0.717) is 35.2 Å². The monoisotopic (exact) mass is 487 g/mol. The maximum Gasteiger partial charge on any atom is 0.416 e. The fourth-order valence-corrected chi connectivity index (χ4v) is 5.31. The van der Waals surface area contributed by atoms with E-state index in [0.717, 1.165) is 42.8 Å². The summed E-state index contributed by atoms with van der Waals surface area (Å²) in [6.45, 7) is 3.77. The van der Waals surface area contributed by atoms with Gasteiger partial charge in [0.25, 0.3) is 0 Å². The van der Waals surface area contributed by atoms with Crippen LogP contribution in [0, 0.1) is 11.2 Å². The van der Waals surface area contributed by atoms with Gasteiger partial charge in [0.05, 0.1) is 17.4 Å². The van der Waals surface area contributed by atoms with Crippen molar-refractivity contribution < 1.29 is 27.1 Å². The zero-order valence-corrected chi connectivity index (χ0v) is 19.5.